The normalized spacial score (nSPS) is 11.9. The molecule has 0 fully saturated rings. The molecule has 1 unspecified atom stereocenters. The number of pyridine rings is 1. The monoisotopic (exact) mass is 241 g/mol. The number of hydrogen-bond donors (Lipinski definition) is 2. The fourth-order valence-electron chi connectivity index (χ4n) is 1.20. The zero-order valence-electron chi connectivity index (χ0n) is 8.74. The summed E-state index contributed by atoms with van der Waals surface area (Å²) in [6, 6.07) is 2.68. The summed E-state index contributed by atoms with van der Waals surface area (Å²) in [6.45, 7) is 1.70. The van der Waals surface area contributed by atoms with Crippen molar-refractivity contribution in [3.63, 3.8) is 0 Å². The number of amides is 2. The third-order valence-corrected chi connectivity index (χ3v) is 2.08. The van der Waals surface area contributed by atoms with Crippen LogP contribution in [0.3, 0.4) is 0 Å². The second-order valence-electron chi connectivity index (χ2n) is 3.41. The number of nitrogens with one attached hydrogen (secondary N) is 1. The van der Waals surface area contributed by atoms with Crippen molar-refractivity contribution in [3.8, 4) is 0 Å². The molecule has 0 saturated heterocycles. The minimum Gasteiger partial charge on any atom is -0.370 e. The maximum atomic E-state index is 11.6. The van der Waals surface area contributed by atoms with E-state index in [1.165, 1.54) is 18.3 Å². The van der Waals surface area contributed by atoms with E-state index in [2.05, 4.69) is 10.3 Å². The molecule has 1 aromatic heterocycles. The largest absolute Gasteiger partial charge is 0.370 e. The molecule has 0 aromatic carbocycles. The lowest BCUT2D eigenvalue weighted by atomic mass is 10.2. The average molecular weight is 242 g/mol. The third kappa shape index (κ3) is 3.86. The third-order valence-electron chi connectivity index (χ3n) is 1.87. The number of halogens is 1. The molecule has 0 aliphatic carbocycles. The van der Waals surface area contributed by atoms with Gasteiger partial charge in [0.15, 0.2) is 0 Å². The van der Waals surface area contributed by atoms with Crippen LogP contribution in [-0.2, 0) is 4.79 Å². The highest BCUT2D eigenvalue weighted by Crippen LogP contribution is 2.07. The lowest BCUT2D eigenvalue weighted by molar-refractivity contribution is -0.118. The minimum atomic E-state index is -0.458. The Balaban J connectivity index is 2.62. The highest BCUT2D eigenvalue weighted by Gasteiger charge is 2.11. The molecule has 0 radical (unpaired) electrons. The molecule has 1 aromatic rings. The molecule has 0 aliphatic heterocycles. The molecule has 5 nitrogen and oxygen atoms in total. The number of carbonyl (C=O) groups excluding carboxylic acids is 2. The van der Waals surface area contributed by atoms with Crippen molar-refractivity contribution >= 4 is 23.4 Å². The summed E-state index contributed by atoms with van der Waals surface area (Å²) >= 11 is 5.64. The highest BCUT2D eigenvalue weighted by atomic mass is 35.5. The first-order valence-corrected chi connectivity index (χ1v) is 5.07. The first kappa shape index (κ1) is 12.4. The number of rotatable bonds is 4. The summed E-state index contributed by atoms with van der Waals surface area (Å²) in [5, 5.41) is 2.87. The van der Waals surface area contributed by atoms with Gasteiger partial charge in [-0.1, -0.05) is 11.6 Å². The van der Waals surface area contributed by atoms with E-state index in [0.717, 1.165) is 0 Å². The zero-order chi connectivity index (χ0) is 12.1. The number of carbonyl (C=O) groups is 2. The molecular weight excluding hydrogens is 230 g/mol. The zero-order valence-corrected chi connectivity index (χ0v) is 9.49. The number of nitrogens with two attached hydrogens (primary N) is 1. The second-order valence-corrected chi connectivity index (χ2v) is 3.80. The van der Waals surface area contributed by atoms with E-state index in [1.807, 2.05) is 0 Å². The van der Waals surface area contributed by atoms with E-state index >= 15 is 0 Å². The van der Waals surface area contributed by atoms with Gasteiger partial charge in [-0.25, -0.2) is 4.98 Å². The molecule has 0 bridgehead atoms. The fraction of sp³-hybridized carbons (Fsp3) is 0.300. The Morgan fingerprint density at radius 2 is 2.31 bits per heavy atom. The summed E-state index contributed by atoms with van der Waals surface area (Å²) in [4.78, 5) is 26.0. The molecule has 0 saturated carbocycles. The summed E-state index contributed by atoms with van der Waals surface area (Å²) in [6.07, 6.45) is 1.54. The van der Waals surface area contributed by atoms with Gasteiger partial charge < -0.3 is 11.1 Å². The fourth-order valence-corrected chi connectivity index (χ4v) is 1.38. The highest BCUT2D eigenvalue weighted by molar-refractivity contribution is 6.29. The Morgan fingerprint density at radius 3 is 2.88 bits per heavy atom. The predicted molar refractivity (Wildman–Crippen MR) is 60.0 cm³/mol. The predicted octanol–water partition coefficient (Wildman–Crippen LogP) is 0.729. The minimum absolute atomic E-state index is 0.102. The van der Waals surface area contributed by atoms with Gasteiger partial charge in [-0.15, -0.1) is 0 Å². The van der Waals surface area contributed by atoms with Gasteiger partial charge in [0, 0.05) is 24.2 Å². The molecule has 2 amide bonds. The molecule has 0 spiro atoms. The Bertz CT molecular complexity index is 409. The topological polar surface area (TPSA) is 85.1 Å². The van der Waals surface area contributed by atoms with E-state index in [9.17, 15) is 9.59 Å². The second kappa shape index (κ2) is 5.46. The summed E-state index contributed by atoms with van der Waals surface area (Å²) < 4.78 is 0. The molecule has 1 heterocycles. The van der Waals surface area contributed by atoms with Crippen molar-refractivity contribution in [2.45, 2.75) is 19.4 Å². The quantitative estimate of drug-likeness (QED) is 0.762. The lowest BCUT2D eigenvalue weighted by Gasteiger charge is -2.11. The number of nitrogens with zero attached hydrogens (tertiary/aromatic N) is 1. The maximum Gasteiger partial charge on any atom is 0.251 e. The summed E-state index contributed by atoms with van der Waals surface area (Å²) in [5.74, 6) is -0.765. The Kier molecular flexibility index (Phi) is 4.25. The van der Waals surface area contributed by atoms with Crippen molar-refractivity contribution in [2.24, 2.45) is 5.73 Å². The summed E-state index contributed by atoms with van der Waals surface area (Å²) in [7, 11) is 0. The van der Waals surface area contributed by atoms with Gasteiger partial charge in [0.2, 0.25) is 5.91 Å². The number of primary amides is 1. The molecule has 0 aliphatic rings. The SMILES string of the molecule is CC(CC(N)=O)NC(=O)c1ccnc(Cl)c1. The Morgan fingerprint density at radius 1 is 1.62 bits per heavy atom. The van der Waals surface area contributed by atoms with E-state index in [0.29, 0.717) is 5.56 Å². The molecule has 3 N–H and O–H groups in total. The first-order valence-electron chi connectivity index (χ1n) is 4.69. The van der Waals surface area contributed by atoms with Crippen LogP contribution in [0.25, 0.3) is 0 Å². The molecular formula is C10H12ClN3O2. The van der Waals surface area contributed by atoms with Crippen LogP contribution in [0.4, 0.5) is 0 Å². The molecule has 86 valence electrons. The Labute approximate surface area is 98.0 Å². The van der Waals surface area contributed by atoms with Crippen molar-refractivity contribution in [2.75, 3.05) is 0 Å². The molecule has 16 heavy (non-hydrogen) atoms. The first-order chi connectivity index (χ1) is 7.49. The van der Waals surface area contributed by atoms with E-state index in [4.69, 9.17) is 17.3 Å². The van der Waals surface area contributed by atoms with Crippen molar-refractivity contribution in [3.05, 3.63) is 29.0 Å². The van der Waals surface area contributed by atoms with E-state index in [-0.39, 0.29) is 23.5 Å². The van der Waals surface area contributed by atoms with Crippen LogP contribution in [0, 0.1) is 0 Å². The van der Waals surface area contributed by atoms with Crippen LogP contribution < -0.4 is 11.1 Å². The Hall–Kier alpha value is -1.62. The van der Waals surface area contributed by atoms with Crippen LogP contribution >= 0.6 is 11.6 Å². The van der Waals surface area contributed by atoms with Gasteiger partial charge in [0.05, 0.1) is 0 Å². The van der Waals surface area contributed by atoms with Crippen molar-refractivity contribution in [1.82, 2.24) is 10.3 Å². The van der Waals surface area contributed by atoms with Gasteiger partial charge in [0.1, 0.15) is 5.15 Å². The summed E-state index contributed by atoms with van der Waals surface area (Å²) in [5.41, 5.74) is 5.41. The average Bonchev–Trinajstić information content (AvgIpc) is 2.16. The maximum absolute atomic E-state index is 11.6. The molecule has 1 atom stereocenters. The van der Waals surface area contributed by atoms with Crippen LogP contribution in [0.1, 0.15) is 23.7 Å². The van der Waals surface area contributed by atoms with Crippen LogP contribution in [0.15, 0.2) is 18.3 Å². The van der Waals surface area contributed by atoms with E-state index in [1.54, 1.807) is 6.92 Å². The number of hydrogen-bond acceptors (Lipinski definition) is 3. The van der Waals surface area contributed by atoms with E-state index < -0.39 is 5.91 Å². The van der Waals surface area contributed by atoms with Crippen LogP contribution in [0.2, 0.25) is 5.15 Å². The lowest BCUT2D eigenvalue weighted by Crippen LogP contribution is -2.35. The van der Waals surface area contributed by atoms with Crippen LogP contribution in [-0.4, -0.2) is 22.8 Å². The van der Waals surface area contributed by atoms with Gasteiger partial charge in [-0.3, -0.25) is 9.59 Å². The van der Waals surface area contributed by atoms with Crippen molar-refractivity contribution < 1.29 is 9.59 Å². The van der Waals surface area contributed by atoms with Crippen LogP contribution in [0.5, 0.6) is 0 Å². The smallest absolute Gasteiger partial charge is 0.251 e. The van der Waals surface area contributed by atoms with Gasteiger partial charge in [-0.2, -0.15) is 0 Å². The standard InChI is InChI=1S/C10H12ClN3O2/c1-6(4-9(12)15)14-10(16)7-2-3-13-8(11)5-7/h2-3,5-6H,4H2,1H3,(H2,12,15)(H,14,16). The van der Waals surface area contributed by atoms with Gasteiger partial charge >= 0.3 is 0 Å². The van der Waals surface area contributed by atoms with Gasteiger partial charge in [0.25, 0.3) is 5.91 Å². The number of aromatic nitrogens is 1. The molecule has 1 rings (SSSR count). The van der Waals surface area contributed by atoms with Crippen molar-refractivity contribution in [1.29, 1.82) is 0 Å². The molecule has 6 heteroatoms. The van der Waals surface area contributed by atoms with Gasteiger partial charge in [-0.05, 0) is 19.1 Å².